The summed E-state index contributed by atoms with van der Waals surface area (Å²) in [5.74, 6) is -0.752. The highest BCUT2D eigenvalue weighted by Crippen LogP contribution is 2.34. The first kappa shape index (κ1) is 21.1. The van der Waals surface area contributed by atoms with Crippen molar-refractivity contribution in [1.29, 1.82) is 0 Å². The minimum atomic E-state index is -3.17. The third-order valence-corrected chi connectivity index (χ3v) is 4.48. The van der Waals surface area contributed by atoms with E-state index in [4.69, 9.17) is 23.2 Å². The molecule has 1 aromatic carbocycles. The van der Waals surface area contributed by atoms with Crippen molar-refractivity contribution in [1.82, 2.24) is 19.6 Å². The van der Waals surface area contributed by atoms with Gasteiger partial charge in [-0.1, -0.05) is 35.3 Å². The lowest BCUT2D eigenvalue weighted by atomic mass is 10.2. The molecule has 0 atom stereocenters. The molecule has 2 heterocycles. The molecular formula is C17H13Cl2F4N5O. The average Bonchev–Trinajstić information content (AvgIpc) is 3.20. The summed E-state index contributed by atoms with van der Waals surface area (Å²) >= 11 is 11.4. The second-order valence-corrected chi connectivity index (χ2v) is 6.76. The van der Waals surface area contributed by atoms with Crippen LogP contribution in [0.4, 0.5) is 23.2 Å². The first-order valence-corrected chi connectivity index (χ1v) is 8.89. The number of nitrogens with zero attached hydrogens (tertiary/aromatic N) is 4. The van der Waals surface area contributed by atoms with Crippen LogP contribution in [0.2, 0.25) is 10.0 Å². The van der Waals surface area contributed by atoms with Crippen LogP contribution in [-0.2, 0) is 17.9 Å². The number of rotatable bonds is 7. The Morgan fingerprint density at radius 2 is 1.79 bits per heavy atom. The molecule has 0 unspecified atom stereocenters. The van der Waals surface area contributed by atoms with Crippen LogP contribution < -0.4 is 5.32 Å². The second-order valence-electron chi connectivity index (χ2n) is 5.94. The SMILES string of the molecule is O=C(Cn1nc(C(F)F)c(Cl)c1C(F)F)Nc1cnn(Cc2ccc(Cl)cc2)c1. The number of anilines is 1. The van der Waals surface area contributed by atoms with E-state index in [1.165, 1.54) is 12.4 Å². The molecular weight excluding hydrogens is 437 g/mol. The first-order chi connectivity index (χ1) is 13.7. The van der Waals surface area contributed by atoms with Crippen molar-refractivity contribution in [2.75, 3.05) is 5.32 Å². The molecule has 0 saturated carbocycles. The number of amides is 1. The molecule has 154 valence electrons. The van der Waals surface area contributed by atoms with E-state index in [9.17, 15) is 22.4 Å². The summed E-state index contributed by atoms with van der Waals surface area (Å²) in [5.41, 5.74) is -0.710. The highest BCUT2D eigenvalue weighted by atomic mass is 35.5. The van der Waals surface area contributed by atoms with Crippen molar-refractivity contribution < 1.29 is 22.4 Å². The van der Waals surface area contributed by atoms with Crippen molar-refractivity contribution in [3.05, 3.63) is 63.7 Å². The number of halogens is 6. The molecule has 0 spiro atoms. The van der Waals surface area contributed by atoms with E-state index in [-0.39, 0.29) is 0 Å². The number of hydrogen-bond acceptors (Lipinski definition) is 3. The van der Waals surface area contributed by atoms with Crippen LogP contribution in [0.25, 0.3) is 0 Å². The Morgan fingerprint density at radius 3 is 2.41 bits per heavy atom. The largest absolute Gasteiger partial charge is 0.322 e. The molecule has 0 aliphatic rings. The molecule has 29 heavy (non-hydrogen) atoms. The fourth-order valence-electron chi connectivity index (χ4n) is 2.57. The van der Waals surface area contributed by atoms with Gasteiger partial charge in [0.15, 0.2) is 0 Å². The molecule has 2 aromatic heterocycles. The van der Waals surface area contributed by atoms with Gasteiger partial charge in [-0.3, -0.25) is 14.2 Å². The summed E-state index contributed by atoms with van der Waals surface area (Å²) in [6, 6.07) is 7.09. The molecule has 0 bridgehead atoms. The number of carbonyl (C=O) groups excluding carboxylic acids is 1. The van der Waals surface area contributed by atoms with E-state index < -0.39 is 41.7 Å². The van der Waals surface area contributed by atoms with Crippen LogP contribution >= 0.6 is 23.2 Å². The molecule has 12 heteroatoms. The number of alkyl halides is 4. The Morgan fingerprint density at radius 1 is 1.10 bits per heavy atom. The first-order valence-electron chi connectivity index (χ1n) is 8.13. The zero-order valence-electron chi connectivity index (χ0n) is 14.5. The predicted octanol–water partition coefficient (Wildman–Crippen LogP) is 4.95. The number of carbonyl (C=O) groups is 1. The van der Waals surface area contributed by atoms with E-state index in [0.717, 1.165) is 5.56 Å². The van der Waals surface area contributed by atoms with E-state index in [1.54, 1.807) is 16.8 Å². The minimum Gasteiger partial charge on any atom is -0.322 e. The van der Waals surface area contributed by atoms with Crippen molar-refractivity contribution in [2.24, 2.45) is 0 Å². The van der Waals surface area contributed by atoms with Gasteiger partial charge in [0.2, 0.25) is 5.91 Å². The summed E-state index contributed by atoms with van der Waals surface area (Å²) < 4.78 is 54.0. The second kappa shape index (κ2) is 8.83. The summed E-state index contributed by atoms with van der Waals surface area (Å²) in [6.07, 6.45) is -3.42. The molecule has 6 nitrogen and oxygen atoms in total. The van der Waals surface area contributed by atoms with Gasteiger partial charge in [0.05, 0.1) is 23.5 Å². The lowest BCUT2D eigenvalue weighted by Crippen LogP contribution is -2.21. The lowest BCUT2D eigenvalue weighted by molar-refractivity contribution is -0.117. The van der Waals surface area contributed by atoms with E-state index in [0.29, 0.717) is 21.9 Å². The van der Waals surface area contributed by atoms with Crippen molar-refractivity contribution >= 4 is 34.8 Å². The Hall–Kier alpha value is -2.59. The maximum absolute atomic E-state index is 13.1. The van der Waals surface area contributed by atoms with Crippen LogP contribution in [0.5, 0.6) is 0 Å². The van der Waals surface area contributed by atoms with Crippen molar-refractivity contribution in [3.8, 4) is 0 Å². The highest BCUT2D eigenvalue weighted by molar-refractivity contribution is 6.32. The van der Waals surface area contributed by atoms with Gasteiger partial charge in [0, 0.05) is 11.2 Å². The predicted molar refractivity (Wildman–Crippen MR) is 98.6 cm³/mol. The highest BCUT2D eigenvalue weighted by Gasteiger charge is 2.28. The normalized spacial score (nSPS) is 11.4. The Bertz CT molecular complexity index is 1000. The zero-order valence-corrected chi connectivity index (χ0v) is 16.0. The topological polar surface area (TPSA) is 64.7 Å². The fraction of sp³-hybridized carbons (Fsp3) is 0.235. The van der Waals surface area contributed by atoms with Gasteiger partial charge in [-0.2, -0.15) is 10.2 Å². The molecule has 0 aliphatic heterocycles. The summed E-state index contributed by atoms with van der Waals surface area (Å²) in [7, 11) is 0. The maximum atomic E-state index is 13.1. The third-order valence-electron chi connectivity index (χ3n) is 3.84. The monoisotopic (exact) mass is 449 g/mol. The number of nitrogens with one attached hydrogen (secondary N) is 1. The number of aromatic nitrogens is 4. The maximum Gasteiger partial charge on any atom is 0.283 e. The van der Waals surface area contributed by atoms with Crippen molar-refractivity contribution in [2.45, 2.75) is 25.9 Å². The van der Waals surface area contributed by atoms with E-state index in [2.05, 4.69) is 15.5 Å². The summed E-state index contributed by atoms with van der Waals surface area (Å²) in [4.78, 5) is 12.2. The average molecular weight is 450 g/mol. The van der Waals surface area contributed by atoms with Crippen LogP contribution in [0, 0.1) is 0 Å². The van der Waals surface area contributed by atoms with Crippen molar-refractivity contribution in [3.63, 3.8) is 0 Å². The van der Waals surface area contributed by atoms with Crippen LogP contribution in [0.3, 0.4) is 0 Å². The van der Waals surface area contributed by atoms with Crippen LogP contribution in [0.15, 0.2) is 36.7 Å². The molecule has 3 rings (SSSR count). The van der Waals surface area contributed by atoms with E-state index in [1.807, 2.05) is 12.1 Å². The molecule has 1 amide bonds. The van der Waals surface area contributed by atoms with Crippen LogP contribution in [0.1, 0.15) is 29.8 Å². The summed E-state index contributed by atoms with van der Waals surface area (Å²) in [5, 5.41) is 9.63. The molecule has 0 radical (unpaired) electrons. The Kier molecular flexibility index (Phi) is 6.43. The number of benzene rings is 1. The molecule has 0 fully saturated rings. The van der Waals surface area contributed by atoms with Gasteiger partial charge in [-0.25, -0.2) is 17.6 Å². The quantitative estimate of drug-likeness (QED) is 0.519. The molecule has 0 saturated heterocycles. The minimum absolute atomic E-state index is 0.301. The molecule has 0 aliphatic carbocycles. The standard InChI is InChI=1S/C17H13Cl2F4N5O/c18-10-3-1-9(2-4-10)6-27-7-11(5-24-27)25-12(29)8-28-15(17(22)23)13(19)14(26-28)16(20)21/h1-5,7,16-17H,6,8H2,(H,25,29). The number of hydrogen-bond donors (Lipinski definition) is 1. The van der Waals surface area contributed by atoms with Gasteiger partial charge in [0.25, 0.3) is 12.9 Å². The van der Waals surface area contributed by atoms with Crippen LogP contribution in [-0.4, -0.2) is 25.5 Å². The van der Waals surface area contributed by atoms with Gasteiger partial charge in [-0.15, -0.1) is 0 Å². The fourth-order valence-corrected chi connectivity index (χ4v) is 3.00. The molecule has 3 aromatic rings. The smallest absolute Gasteiger partial charge is 0.283 e. The summed E-state index contributed by atoms with van der Waals surface area (Å²) in [6.45, 7) is -0.302. The Balaban J connectivity index is 1.68. The van der Waals surface area contributed by atoms with Gasteiger partial charge < -0.3 is 5.32 Å². The lowest BCUT2D eigenvalue weighted by Gasteiger charge is -2.07. The van der Waals surface area contributed by atoms with E-state index >= 15 is 0 Å². The van der Waals surface area contributed by atoms with Gasteiger partial charge >= 0.3 is 0 Å². The van der Waals surface area contributed by atoms with Gasteiger partial charge in [-0.05, 0) is 17.7 Å². The zero-order chi connectivity index (χ0) is 21.1. The van der Waals surface area contributed by atoms with Gasteiger partial charge in [0.1, 0.15) is 17.9 Å². The molecule has 1 N–H and O–H groups in total. The third kappa shape index (κ3) is 5.07. The Labute approximate surface area is 172 Å².